The van der Waals surface area contributed by atoms with Crippen molar-refractivity contribution in [3.63, 3.8) is 0 Å². The van der Waals surface area contributed by atoms with E-state index in [1.807, 2.05) is 0 Å². The van der Waals surface area contributed by atoms with Gasteiger partial charge in [0.2, 0.25) is 10.0 Å². The number of carbonyl (C=O) groups excluding carboxylic acids is 1. The van der Waals surface area contributed by atoms with E-state index in [1.165, 1.54) is 31.4 Å². The topological polar surface area (TPSA) is 168 Å². The van der Waals surface area contributed by atoms with E-state index in [0.29, 0.717) is 0 Å². The van der Waals surface area contributed by atoms with Crippen LogP contribution in [0.2, 0.25) is 0 Å². The summed E-state index contributed by atoms with van der Waals surface area (Å²) >= 11 is 0. The molecule has 1 heterocycles. The van der Waals surface area contributed by atoms with Gasteiger partial charge in [0, 0.05) is 19.2 Å². The summed E-state index contributed by atoms with van der Waals surface area (Å²) in [6.45, 7) is -0.166. The number of carbonyl (C=O) groups is 1. The van der Waals surface area contributed by atoms with E-state index in [1.54, 1.807) is 0 Å². The van der Waals surface area contributed by atoms with Gasteiger partial charge in [-0.05, 0) is 24.3 Å². The van der Waals surface area contributed by atoms with Crippen LogP contribution in [0.15, 0.2) is 29.2 Å². The Kier molecular flexibility index (Phi) is 6.11. The highest BCUT2D eigenvalue weighted by Crippen LogP contribution is 2.21. The summed E-state index contributed by atoms with van der Waals surface area (Å²) in [6.07, 6.45) is -6.48. The van der Waals surface area contributed by atoms with E-state index in [9.17, 15) is 28.5 Å². The molecule has 6 N–H and O–H groups in total. The second-order valence-corrected chi connectivity index (χ2v) is 7.09. The van der Waals surface area contributed by atoms with Crippen LogP contribution in [0.3, 0.4) is 0 Å². The normalized spacial score (nSPS) is 30.0. The number of ether oxygens (including phenoxy) is 2. The van der Waals surface area contributed by atoms with Crippen molar-refractivity contribution in [1.82, 2.24) is 5.32 Å². The molecule has 1 aromatic rings. The summed E-state index contributed by atoms with van der Waals surface area (Å²) in [5.74, 6) is -0.550. The minimum atomic E-state index is -3.85. The Hall–Kier alpha value is -1.60. The monoisotopic (exact) mass is 376 g/mol. The molecule has 0 aromatic heterocycles. The van der Waals surface area contributed by atoms with Gasteiger partial charge in [0.1, 0.15) is 24.4 Å². The standard InChI is InChI=1S/C14H20N2O8S/c1-23-14-12(19)11(18)10(17)9(24-14)6-16-13(20)7-2-4-8(5-3-7)25(15,21)22/h2-5,9-12,14,17-19H,6H2,1H3,(H,16,20)(H2,15,21,22)/t9-,10+,11+,12-,14-/m1/s1. The first-order valence-corrected chi connectivity index (χ1v) is 8.83. The van der Waals surface area contributed by atoms with Gasteiger partial charge in [0.05, 0.1) is 4.90 Å². The average molecular weight is 376 g/mol. The van der Waals surface area contributed by atoms with Crippen LogP contribution in [-0.2, 0) is 19.5 Å². The van der Waals surface area contributed by atoms with Crippen molar-refractivity contribution in [1.29, 1.82) is 0 Å². The van der Waals surface area contributed by atoms with E-state index in [2.05, 4.69) is 5.32 Å². The first-order chi connectivity index (χ1) is 11.6. The molecule has 25 heavy (non-hydrogen) atoms. The molecule has 1 aliphatic heterocycles. The first-order valence-electron chi connectivity index (χ1n) is 7.28. The maximum Gasteiger partial charge on any atom is 0.251 e. The molecule has 10 nitrogen and oxygen atoms in total. The third kappa shape index (κ3) is 4.52. The molecule has 5 atom stereocenters. The molecule has 11 heteroatoms. The Bertz CT molecular complexity index is 706. The molecule has 1 amide bonds. The Morgan fingerprint density at radius 3 is 2.32 bits per heavy atom. The second kappa shape index (κ2) is 7.74. The van der Waals surface area contributed by atoms with Gasteiger partial charge in [-0.1, -0.05) is 0 Å². The van der Waals surface area contributed by atoms with E-state index in [-0.39, 0.29) is 17.0 Å². The quantitative estimate of drug-likeness (QED) is 0.376. The molecule has 1 fully saturated rings. The van der Waals surface area contributed by atoms with Gasteiger partial charge in [-0.3, -0.25) is 4.79 Å². The van der Waals surface area contributed by atoms with Gasteiger partial charge in [-0.2, -0.15) is 0 Å². The molecule has 2 rings (SSSR count). The van der Waals surface area contributed by atoms with Crippen molar-refractivity contribution in [3.05, 3.63) is 29.8 Å². The number of nitrogens with one attached hydrogen (secondary N) is 1. The minimum absolute atomic E-state index is 0.130. The summed E-state index contributed by atoms with van der Waals surface area (Å²) in [4.78, 5) is 12.0. The first kappa shape index (κ1) is 19.7. The fourth-order valence-electron chi connectivity index (χ4n) is 2.37. The fraction of sp³-hybridized carbons (Fsp3) is 0.500. The van der Waals surface area contributed by atoms with Crippen LogP contribution in [-0.4, -0.2) is 74.0 Å². The molecule has 0 saturated carbocycles. The molecule has 0 spiro atoms. The fourth-order valence-corrected chi connectivity index (χ4v) is 2.89. The zero-order valence-corrected chi connectivity index (χ0v) is 14.1. The Morgan fingerprint density at radius 2 is 1.80 bits per heavy atom. The third-order valence-electron chi connectivity index (χ3n) is 3.81. The van der Waals surface area contributed by atoms with Gasteiger partial charge in [-0.15, -0.1) is 0 Å². The highest BCUT2D eigenvalue weighted by Gasteiger charge is 2.43. The van der Waals surface area contributed by atoms with Crippen LogP contribution in [0.5, 0.6) is 0 Å². The highest BCUT2D eigenvalue weighted by molar-refractivity contribution is 7.89. The van der Waals surface area contributed by atoms with Crippen molar-refractivity contribution < 1.29 is 38.0 Å². The SMILES string of the molecule is CO[C@@H]1O[C@H](CNC(=O)c2ccc(S(N)(=O)=O)cc2)[C@H](O)[C@H](O)[C@H]1O. The van der Waals surface area contributed by atoms with E-state index in [4.69, 9.17) is 14.6 Å². The lowest BCUT2D eigenvalue weighted by molar-refractivity contribution is -0.288. The molecule has 1 aromatic carbocycles. The third-order valence-corrected chi connectivity index (χ3v) is 4.74. The zero-order chi connectivity index (χ0) is 18.8. The Morgan fingerprint density at radius 1 is 1.20 bits per heavy atom. The number of sulfonamides is 1. The maximum absolute atomic E-state index is 12.1. The predicted molar refractivity (Wildman–Crippen MR) is 83.8 cm³/mol. The highest BCUT2D eigenvalue weighted by atomic mass is 32.2. The van der Waals surface area contributed by atoms with Crippen LogP contribution < -0.4 is 10.5 Å². The number of amides is 1. The lowest BCUT2D eigenvalue weighted by atomic mass is 9.99. The largest absolute Gasteiger partial charge is 0.388 e. The van der Waals surface area contributed by atoms with Gasteiger partial charge < -0.3 is 30.1 Å². The van der Waals surface area contributed by atoms with E-state index < -0.39 is 46.6 Å². The number of benzene rings is 1. The lowest BCUT2D eigenvalue weighted by Gasteiger charge is -2.39. The van der Waals surface area contributed by atoms with Crippen LogP contribution in [0, 0.1) is 0 Å². The number of aliphatic hydroxyl groups excluding tert-OH is 3. The van der Waals surface area contributed by atoms with Crippen LogP contribution in [0.1, 0.15) is 10.4 Å². The maximum atomic E-state index is 12.1. The lowest BCUT2D eigenvalue weighted by Crippen LogP contribution is -2.60. The number of rotatable bonds is 5. The Balaban J connectivity index is 1.99. The number of nitrogens with two attached hydrogens (primary N) is 1. The molecule has 0 unspecified atom stereocenters. The van der Waals surface area contributed by atoms with Crippen LogP contribution in [0.25, 0.3) is 0 Å². The number of primary sulfonamides is 1. The molecule has 0 bridgehead atoms. The zero-order valence-electron chi connectivity index (χ0n) is 13.3. The number of hydrogen-bond donors (Lipinski definition) is 5. The summed E-state index contributed by atoms with van der Waals surface area (Å²) in [5, 5.41) is 36.8. The van der Waals surface area contributed by atoms with E-state index >= 15 is 0 Å². The van der Waals surface area contributed by atoms with Crippen molar-refractivity contribution in [2.45, 2.75) is 35.6 Å². The molecule has 0 aliphatic carbocycles. The summed E-state index contributed by atoms with van der Waals surface area (Å²) < 4.78 is 32.5. The molecule has 1 saturated heterocycles. The van der Waals surface area contributed by atoms with Gasteiger partial charge in [0.25, 0.3) is 5.91 Å². The summed E-state index contributed by atoms with van der Waals surface area (Å²) in [6, 6.07) is 4.95. The summed E-state index contributed by atoms with van der Waals surface area (Å²) in [7, 11) is -2.59. The minimum Gasteiger partial charge on any atom is -0.388 e. The van der Waals surface area contributed by atoms with Crippen LogP contribution in [0.4, 0.5) is 0 Å². The predicted octanol–water partition coefficient (Wildman–Crippen LogP) is -2.48. The number of methoxy groups -OCH3 is 1. The second-order valence-electron chi connectivity index (χ2n) is 5.53. The van der Waals surface area contributed by atoms with Crippen molar-refractivity contribution in [2.75, 3.05) is 13.7 Å². The average Bonchev–Trinajstić information content (AvgIpc) is 2.58. The molecule has 140 valence electrons. The van der Waals surface area contributed by atoms with Crippen molar-refractivity contribution in [2.24, 2.45) is 5.14 Å². The number of hydrogen-bond acceptors (Lipinski definition) is 8. The Labute approximate surface area is 144 Å². The van der Waals surface area contributed by atoms with Gasteiger partial charge >= 0.3 is 0 Å². The van der Waals surface area contributed by atoms with Crippen molar-refractivity contribution >= 4 is 15.9 Å². The van der Waals surface area contributed by atoms with Crippen LogP contribution >= 0.6 is 0 Å². The number of aliphatic hydroxyl groups is 3. The van der Waals surface area contributed by atoms with Crippen molar-refractivity contribution in [3.8, 4) is 0 Å². The molecular weight excluding hydrogens is 356 g/mol. The molecular formula is C14H20N2O8S. The van der Waals surface area contributed by atoms with Gasteiger partial charge in [0.15, 0.2) is 6.29 Å². The molecule has 0 radical (unpaired) electrons. The summed E-state index contributed by atoms with van der Waals surface area (Å²) in [5.41, 5.74) is 0.168. The van der Waals surface area contributed by atoms with Gasteiger partial charge in [-0.25, -0.2) is 13.6 Å². The smallest absolute Gasteiger partial charge is 0.251 e. The molecule has 1 aliphatic rings. The van der Waals surface area contributed by atoms with E-state index in [0.717, 1.165) is 0 Å².